The van der Waals surface area contributed by atoms with Crippen LogP contribution in [0.15, 0.2) is 47.2 Å². The van der Waals surface area contributed by atoms with Crippen molar-refractivity contribution in [1.29, 1.82) is 0 Å². The summed E-state index contributed by atoms with van der Waals surface area (Å²) >= 11 is 1.05. The van der Waals surface area contributed by atoms with E-state index in [1.54, 1.807) is 18.2 Å². The molecular formula is C14H15N3O3S2. The molecule has 0 aliphatic carbocycles. The van der Waals surface area contributed by atoms with Gasteiger partial charge in [-0.3, -0.25) is 9.52 Å². The number of sulfonamides is 1. The number of hydrogen-bond donors (Lipinski definition) is 2. The number of thiazole rings is 1. The standard InChI is InChI=1S/C14H15N3O3S2/c1-3-8-15-13(18)12-9-21-14(16-12)17-22(19,20)11-6-4-10(2)5-7-11/h3-7,9H,1,8H2,2H3,(H,15,18)(H,16,17). The molecule has 8 heteroatoms. The molecule has 0 aliphatic rings. The number of rotatable bonds is 6. The lowest BCUT2D eigenvalue weighted by Crippen LogP contribution is -2.23. The number of aromatic nitrogens is 1. The molecule has 1 aromatic carbocycles. The first-order valence-corrected chi connectivity index (χ1v) is 8.73. The van der Waals surface area contributed by atoms with E-state index in [1.165, 1.54) is 17.5 Å². The fourth-order valence-electron chi connectivity index (χ4n) is 1.57. The second-order valence-corrected chi connectivity index (χ2v) is 7.00. The zero-order valence-corrected chi connectivity index (χ0v) is 13.5. The highest BCUT2D eigenvalue weighted by Crippen LogP contribution is 2.20. The molecule has 1 heterocycles. The predicted molar refractivity (Wildman–Crippen MR) is 86.6 cm³/mol. The average molecular weight is 337 g/mol. The molecule has 2 N–H and O–H groups in total. The molecule has 0 aliphatic heterocycles. The topological polar surface area (TPSA) is 88.2 Å². The van der Waals surface area contributed by atoms with Gasteiger partial charge in [0.2, 0.25) is 0 Å². The van der Waals surface area contributed by atoms with Crippen molar-refractivity contribution in [3.63, 3.8) is 0 Å². The number of amides is 1. The van der Waals surface area contributed by atoms with Crippen molar-refractivity contribution < 1.29 is 13.2 Å². The molecule has 0 bridgehead atoms. The van der Waals surface area contributed by atoms with Crippen LogP contribution in [0.5, 0.6) is 0 Å². The summed E-state index contributed by atoms with van der Waals surface area (Å²) in [5, 5.41) is 4.21. The quantitative estimate of drug-likeness (QED) is 0.791. The molecule has 22 heavy (non-hydrogen) atoms. The molecule has 1 aromatic heterocycles. The van der Waals surface area contributed by atoms with Gasteiger partial charge < -0.3 is 5.32 Å². The summed E-state index contributed by atoms with van der Waals surface area (Å²) in [5.41, 5.74) is 1.13. The van der Waals surface area contributed by atoms with Gasteiger partial charge in [-0.05, 0) is 19.1 Å². The number of nitrogens with zero attached hydrogens (tertiary/aromatic N) is 1. The largest absolute Gasteiger partial charge is 0.347 e. The number of benzene rings is 1. The summed E-state index contributed by atoms with van der Waals surface area (Å²) in [6.07, 6.45) is 1.55. The number of aryl methyl sites for hydroxylation is 1. The first-order chi connectivity index (χ1) is 10.4. The van der Waals surface area contributed by atoms with Gasteiger partial charge in [0, 0.05) is 11.9 Å². The van der Waals surface area contributed by atoms with Crippen LogP contribution < -0.4 is 10.0 Å². The highest BCUT2D eigenvalue weighted by atomic mass is 32.2. The summed E-state index contributed by atoms with van der Waals surface area (Å²) in [4.78, 5) is 15.8. The first-order valence-electron chi connectivity index (χ1n) is 6.36. The van der Waals surface area contributed by atoms with Crippen molar-refractivity contribution >= 4 is 32.4 Å². The van der Waals surface area contributed by atoms with Crippen LogP contribution in [0.4, 0.5) is 5.13 Å². The molecule has 2 rings (SSSR count). The van der Waals surface area contributed by atoms with E-state index in [1.807, 2.05) is 6.92 Å². The van der Waals surface area contributed by atoms with Crippen LogP contribution in [0.1, 0.15) is 16.1 Å². The fourth-order valence-corrected chi connectivity index (χ4v) is 3.52. The van der Waals surface area contributed by atoms with E-state index in [0.717, 1.165) is 16.9 Å². The Balaban J connectivity index is 2.13. The summed E-state index contributed by atoms with van der Waals surface area (Å²) < 4.78 is 26.8. The minimum Gasteiger partial charge on any atom is -0.347 e. The molecule has 6 nitrogen and oxygen atoms in total. The Bertz CT molecular complexity index is 780. The molecular weight excluding hydrogens is 322 g/mol. The van der Waals surface area contributed by atoms with Crippen LogP contribution in [0.25, 0.3) is 0 Å². The predicted octanol–water partition coefficient (Wildman–Crippen LogP) is 2.17. The van der Waals surface area contributed by atoms with Gasteiger partial charge in [-0.2, -0.15) is 0 Å². The Kier molecular flexibility index (Phi) is 4.94. The van der Waals surface area contributed by atoms with E-state index in [4.69, 9.17) is 0 Å². The molecule has 116 valence electrons. The Labute approximate surface area is 133 Å². The van der Waals surface area contributed by atoms with Gasteiger partial charge in [-0.15, -0.1) is 17.9 Å². The third-order valence-corrected chi connectivity index (χ3v) is 4.94. The van der Waals surface area contributed by atoms with Crippen LogP contribution in [-0.4, -0.2) is 25.9 Å². The number of nitrogens with one attached hydrogen (secondary N) is 2. The highest BCUT2D eigenvalue weighted by Gasteiger charge is 2.17. The zero-order chi connectivity index (χ0) is 16.2. The molecule has 0 fully saturated rings. The molecule has 0 saturated heterocycles. The van der Waals surface area contributed by atoms with E-state index in [2.05, 4.69) is 21.6 Å². The van der Waals surface area contributed by atoms with Gasteiger partial charge in [0.25, 0.3) is 15.9 Å². The molecule has 0 atom stereocenters. The van der Waals surface area contributed by atoms with Gasteiger partial charge in [-0.1, -0.05) is 23.8 Å². The number of carbonyl (C=O) groups excluding carboxylic acids is 1. The van der Waals surface area contributed by atoms with Crippen molar-refractivity contribution in [1.82, 2.24) is 10.3 Å². The van der Waals surface area contributed by atoms with Gasteiger partial charge in [0.1, 0.15) is 5.69 Å². The maximum atomic E-state index is 12.2. The SMILES string of the molecule is C=CCNC(=O)c1csc(NS(=O)(=O)c2ccc(C)cc2)n1. The van der Waals surface area contributed by atoms with E-state index >= 15 is 0 Å². The lowest BCUT2D eigenvalue weighted by atomic mass is 10.2. The monoisotopic (exact) mass is 337 g/mol. The molecule has 0 unspecified atom stereocenters. The molecule has 0 spiro atoms. The second-order valence-electron chi connectivity index (χ2n) is 4.46. The number of carbonyl (C=O) groups is 1. The number of anilines is 1. The third-order valence-electron chi connectivity index (χ3n) is 2.70. The summed E-state index contributed by atoms with van der Waals surface area (Å²) in [6, 6.07) is 6.46. The molecule has 1 amide bonds. The Morgan fingerprint density at radius 1 is 1.36 bits per heavy atom. The van der Waals surface area contributed by atoms with Crippen LogP contribution in [-0.2, 0) is 10.0 Å². The van der Waals surface area contributed by atoms with Crippen molar-refractivity contribution in [2.24, 2.45) is 0 Å². The third kappa shape index (κ3) is 3.92. The van der Waals surface area contributed by atoms with Gasteiger partial charge in [-0.25, -0.2) is 13.4 Å². The van der Waals surface area contributed by atoms with E-state index in [-0.39, 0.29) is 21.6 Å². The maximum Gasteiger partial charge on any atom is 0.271 e. The Morgan fingerprint density at radius 2 is 2.05 bits per heavy atom. The van der Waals surface area contributed by atoms with Gasteiger partial charge >= 0.3 is 0 Å². The van der Waals surface area contributed by atoms with Crippen molar-refractivity contribution in [2.75, 3.05) is 11.3 Å². The highest BCUT2D eigenvalue weighted by molar-refractivity contribution is 7.93. The smallest absolute Gasteiger partial charge is 0.271 e. The summed E-state index contributed by atoms with van der Waals surface area (Å²) in [5.74, 6) is -0.378. The Hall–Kier alpha value is -2.19. The molecule has 2 aromatic rings. The molecule has 0 saturated carbocycles. The van der Waals surface area contributed by atoms with Crippen molar-refractivity contribution in [2.45, 2.75) is 11.8 Å². The maximum absolute atomic E-state index is 12.2. The van der Waals surface area contributed by atoms with Crippen LogP contribution in [0.3, 0.4) is 0 Å². The van der Waals surface area contributed by atoms with Crippen LogP contribution in [0, 0.1) is 6.92 Å². The Morgan fingerprint density at radius 3 is 2.68 bits per heavy atom. The van der Waals surface area contributed by atoms with Crippen molar-refractivity contribution in [3.8, 4) is 0 Å². The minimum atomic E-state index is -3.71. The van der Waals surface area contributed by atoms with E-state index in [0.29, 0.717) is 6.54 Å². The van der Waals surface area contributed by atoms with Crippen molar-refractivity contribution in [3.05, 3.63) is 53.6 Å². The first kappa shape index (κ1) is 16.2. The van der Waals surface area contributed by atoms with E-state index in [9.17, 15) is 13.2 Å². The van der Waals surface area contributed by atoms with Crippen LogP contribution in [0.2, 0.25) is 0 Å². The number of hydrogen-bond acceptors (Lipinski definition) is 5. The zero-order valence-electron chi connectivity index (χ0n) is 11.9. The average Bonchev–Trinajstić information content (AvgIpc) is 2.93. The van der Waals surface area contributed by atoms with Gasteiger partial charge in [0.05, 0.1) is 4.90 Å². The lowest BCUT2D eigenvalue weighted by Gasteiger charge is -2.05. The van der Waals surface area contributed by atoms with Crippen LogP contribution >= 0.6 is 11.3 Å². The fraction of sp³-hybridized carbons (Fsp3) is 0.143. The minimum absolute atomic E-state index is 0.143. The lowest BCUT2D eigenvalue weighted by molar-refractivity contribution is 0.0954. The summed E-state index contributed by atoms with van der Waals surface area (Å²) in [7, 11) is -3.71. The second kappa shape index (κ2) is 6.71. The summed E-state index contributed by atoms with van der Waals surface area (Å²) in [6.45, 7) is 5.69. The molecule has 0 radical (unpaired) electrons. The van der Waals surface area contributed by atoms with E-state index < -0.39 is 10.0 Å². The van der Waals surface area contributed by atoms with Gasteiger partial charge in [0.15, 0.2) is 5.13 Å². The normalized spacial score (nSPS) is 11.0.